The summed E-state index contributed by atoms with van der Waals surface area (Å²) in [6.07, 6.45) is -2.76. The van der Waals surface area contributed by atoms with Crippen molar-refractivity contribution in [1.82, 2.24) is 10.2 Å². The van der Waals surface area contributed by atoms with Crippen molar-refractivity contribution >= 4 is 35.1 Å². The zero-order valence-electron chi connectivity index (χ0n) is 16.1. The van der Waals surface area contributed by atoms with Crippen molar-refractivity contribution in [1.29, 1.82) is 0 Å². The van der Waals surface area contributed by atoms with Crippen LogP contribution in [0.2, 0.25) is 5.02 Å². The van der Waals surface area contributed by atoms with Crippen molar-refractivity contribution in [2.75, 3.05) is 11.9 Å². The maximum Gasteiger partial charge on any atom is 0.416 e. The number of nitrogens with one attached hydrogen (secondary N) is 2. The van der Waals surface area contributed by atoms with E-state index in [1.54, 1.807) is 12.1 Å². The van der Waals surface area contributed by atoms with E-state index >= 15 is 0 Å². The minimum Gasteiger partial charge on any atom is -0.323 e. The van der Waals surface area contributed by atoms with Gasteiger partial charge in [-0.2, -0.15) is 13.2 Å². The SMILES string of the molecule is O=C(CN1C(=O)NC2(CCCc3ccccc32)C1=O)Nc1cc(C(F)(F)F)ccc1Cl. The molecular formula is C21H17ClF3N3O3. The normalized spacial score (nSPS) is 20.6. The summed E-state index contributed by atoms with van der Waals surface area (Å²) < 4.78 is 38.8. The summed E-state index contributed by atoms with van der Waals surface area (Å²) in [4.78, 5) is 39.0. The quantitative estimate of drug-likeness (QED) is 0.690. The third-order valence-corrected chi connectivity index (χ3v) is 5.85. The molecular weight excluding hydrogens is 435 g/mol. The summed E-state index contributed by atoms with van der Waals surface area (Å²) in [5.74, 6) is -1.40. The van der Waals surface area contributed by atoms with E-state index in [-0.39, 0.29) is 10.7 Å². The summed E-state index contributed by atoms with van der Waals surface area (Å²) in [5.41, 5.74) is -0.834. The zero-order chi connectivity index (χ0) is 22.4. The molecule has 0 aromatic heterocycles. The Morgan fingerprint density at radius 3 is 2.68 bits per heavy atom. The molecule has 0 saturated carbocycles. The second-order valence-electron chi connectivity index (χ2n) is 7.48. The standard InChI is InChI=1S/C21H17ClF3N3O3/c22-15-8-7-13(21(23,24)25)10-16(15)26-17(29)11-28-18(30)20(27-19(28)31)9-3-5-12-4-1-2-6-14(12)20/h1-2,4,6-8,10H,3,5,9,11H2,(H,26,29)(H,27,31). The first-order chi connectivity index (χ1) is 14.6. The van der Waals surface area contributed by atoms with E-state index in [9.17, 15) is 27.6 Å². The Kier molecular flexibility index (Phi) is 5.17. The first-order valence-corrected chi connectivity index (χ1v) is 9.89. The van der Waals surface area contributed by atoms with E-state index < -0.39 is 41.7 Å². The van der Waals surface area contributed by atoms with Gasteiger partial charge in [-0.15, -0.1) is 0 Å². The predicted octanol–water partition coefficient (Wildman–Crippen LogP) is 4.08. The highest BCUT2D eigenvalue weighted by Crippen LogP contribution is 2.40. The van der Waals surface area contributed by atoms with Gasteiger partial charge in [-0.3, -0.25) is 14.5 Å². The number of urea groups is 1. The van der Waals surface area contributed by atoms with Crippen molar-refractivity contribution in [3.05, 3.63) is 64.2 Å². The van der Waals surface area contributed by atoms with Gasteiger partial charge in [0.2, 0.25) is 5.91 Å². The number of carbonyl (C=O) groups is 3. The average Bonchev–Trinajstić information content (AvgIpc) is 2.94. The Bertz CT molecular complexity index is 1090. The summed E-state index contributed by atoms with van der Waals surface area (Å²) in [6.45, 7) is -0.652. The van der Waals surface area contributed by atoms with Gasteiger partial charge in [0.25, 0.3) is 5.91 Å². The molecule has 1 spiro atoms. The molecule has 2 N–H and O–H groups in total. The number of hydrogen-bond acceptors (Lipinski definition) is 3. The average molecular weight is 452 g/mol. The van der Waals surface area contributed by atoms with Crippen LogP contribution < -0.4 is 10.6 Å². The maximum atomic E-state index is 13.2. The van der Waals surface area contributed by atoms with E-state index in [0.29, 0.717) is 24.5 Å². The van der Waals surface area contributed by atoms with Crippen molar-refractivity contribution in [2.24, 2.45) is 0 Å². The number of aryl methyl sites for hydroxylation is 1. The Morgan fingerprint density at radius 1 is 1.19 bits per heavy atom. The predicted molar refractivity (Wildman–Crippen MR) is 106 cm³/mol. The summed E-state index contributed by atoms with van der Waals surface area (Å²) in [6, 6.07) is 9.07. The highest BCUT2D eigenvalue weighted by Gasteiger charge is 2.54. The number of imide groups is 1. The number of alkyl halides is 3. The molecule has 1 saturated heterocycles. The van der Waals surface area contributed by atoms with Gasteiger partial charge in [-0.1, -0.05) is 35.9 Å². The summed E-state index contributed by atoms with van der Waals surface area (Å²) in [7, 11) is 0. The minimum absolute atomic E-state index is 0.101. The third-order valence-electron chi connectivity index (χ3n) is 5.52. The largest absolute Gasteiger partial charge is 0.416 e. The lowest BCUT2D eigenvalue weighted by Crippen LogP contribution is -2.47. The topological polar surface area (TPSA) is 78.5 Å². The summed E-state index contributed by atoms with van der Waals surface area (Å²) in [5, 5.41) is 4.87. The highest BCUT2D eigenvalue weighted by atomic mass is 35.5. The number of rotatable bonds is 3. The van der Waals surface area contributed by atoms with Gasteiger partial charge in [0.05, 0.1) is 16.3 Å². The van der Waals surface area contributed by atoms with Crippen LogP contribution in [0.25, 0.3) is 0 Å². The van der Waals surface area contributed by atoms with Crippen LogP contribution in [0, 0.1) is 0 Å². The lowest BCUT2D eigenvalue weighted by molar-refractivity contribution is -0.137. The molecule has 0 bridgehead atoms. The van der Waals surface area contributed by atoms with Crippen LogP contribution in [-0.4, -0.2) is 29.3 Å². The van der Waals surface area contributed by atoms with Crippen molar-refractivity contribution in [3.63, 3.8) is 0 Å². The fourth-order valence-corrected chi connectivity index (χ4v) is 4.25. The molecule has 1 heterocycles. The molecule has 1 aliphatic carbocycles. The van der Waals surface area contributed by atoms with Gasteiger partial charge >= 0.3 is 12.2 Å². The van der Waals surface area contributed by atoms with Gasteiger partial charge in [0.15, 0.2) is 0 Å². The molecule has 0 radical (unpaired) electrons. The van der Waals surface area contributed by atoms with Crippen LogP contribution in [0.4, 0.5) is 23.7 Å². The second-order valence-corrected chi connectivity index (χ2v) is 7.89. The fraction of sp³-hybridized carbons (Fsp3) is 0.286. The van der Waals surface area contributed by atoms with Crippen LogP contribution in [-0.2, 0) is 27.7 Å². The lowest BCUT2D eigenvalue weighted by atomic mass is 9.76. The molecule has 4 amide bonds. The first kappa shape index (κ1) is 21.2. The molecule has 1 unspecified atom stereocenters. The van der Waals surface area contributed by atoms with E-state index in [4.69, 9.17) is 11.6 Å². The van der Waals surface area contributed by atoms with E-state index in [1.807, 2.05) is 12.1 Å². The first-order valence-electron chi connectivity index (χ1n) is 9.51. The Morgan fingerprint density at radius 2 is 1.94 bits per heavy atom. The maximum absolute atomic E-state index is 13.2. The van der Waals surface area contributed by atoms with E-state index in [1.165, 1.54) is 0 Å². The van der Waals surface area contributed by atoms with Crippen molar-refractivity contribution in [3.8, 4) is 0 Å². The van der Waals surface area contributed by atoms with E-state index in [2.05, 4.69) is 10.6 Å². The highest BCUT2D eigenvalue weighted by molar-refractivity contribution is 6.33. The Labute approximate surface area is 180 Å². The number of anilines is 1. The molecule has 1 fully saturated rings. The van der Waals surface area contributed by atoms with Crippen LogP contribution in [0.1, 0.15) is 29.5 Å². The molecule has 2 aromatic rings. The lowest BCUT2D eigenvalue weighted by Gasteiger charge is -2.33. The number of benzene rings is 2. The molecule has 1 aliphatic heterocycles. The van der Waals surface area contributed by atoms with Gasteiger partial charge in [-0.05, 0) is 48.6 Å². The van der Waals surface area contributed by atoms with E-state index in [0.717, 1.165) is 29.0 Å². The molecule has 4 rings (SSSR count). The van der Waals surface area contributed by atoms with Gasteiger partial charge < -0.3 is 10.6 Å². The number of halogens is 4. The molecule has 10 heteroatoms. The minimum atomic E-state index is -4.62. The molecule has 2 aliphatic rings. The third kappa shape index (κ3) is 3.74. The van der Waals surface area contributed by atoms with Gasteiger partial charge in [0.1, 0.15) is 12.1 Å². The zero-order valence-corrected chi connectivity index (χ0v) is 16.8. The molecule has 1 atom stereocenters. The number of amides is 4. The molecule has 6 nitrogen and oxygen atoms in total. The van der Waals surface area contributed by atoms with Crippen LogP contribution in [0.5, 0.6) is 0 Å². The van der Waals surface area contributed by atoms with Crippen LogP contribution in [0.15, 0.2) is 42.5 Å². The number of nitrogens with zero attached hydrogens (tertiary/aromatic N) is 1. The number of carbonyl (C=O) groups excluding carboxylic acids is 3. The fourth-order valence-electron chi connectivity index (χ4n) is 4.09. The Hall–Kier alpha value is -3.07. The van der Waals surface area contributed by atoms with Crippen LogP contribution in [0.3, 0.4) is 0 Å². The molecule has 31 heavy (non-hydrogen) atoms. The second kappa shape index (κ2) is 7.56. The number of hydrogen-bond donors (Lipinski definition) is 2. The summed E-state index contributed by atoms with van der Waals surface area (Å²) >= 11 is 5.90. The molecule has 162 valence electrons. The van der Waals surface area contributed by atoms with Gasteiger partial charge in [0, 0.05) is 0 Å². The number of fused-ring (bicyclic) bond motifs is 2. The Balaban J connectivity index is 1.54. The van der Waals surface area contributed by atoms with Crippen molar-refractivity contribution < 1.29 is 27.6 Å². The monoisotopic (exact) mass is 451 g/mol. The van der Waals surface area contributed by atoms with Crippen molar-refractivity contribution in [2.45, 2.75) is 31.0 Å². The van der Waals surface area contributed by atoms with Crippen LogP contribution >= 0.6 is 11.6 Å². The smallest absolute Gasteiger partial charge is 0.323 e. The molecule has 2 aromatic carbocycles. The van der Waals surface area contributed by atoms with Gasteiger partial charge in [-0.25, -0.2) is 4.79 Å².